The molecule has 4 nitrogen and oxygen atoms in total. The molecule has 0 saturated carbocycles. The van der Waals surface area contributed by atoms with Crippen LogP contribution in [0.25, 0.3) is 0 Å². The summed E-state index contributed by atoms with van der Waals surface area (Å²) >= 11 is 0. The zero-order valence-corrected chi connectivity index (χ0v) is 9.67. The highest BCUT2D eigenvalue weighted by molar-refractivity contribution is 5.67. The highest BCUT2D eigenvalue weighted by Crippen LogP contribution is 1.96. The number of rotatable bonds is 6. The van der Waals surface area contributed by atoms with E-state index in [0.29, 0.717) is 19.2 Å². The molecular formula is C10H22N2O2. The Hall–Kier alpha value is -0.770. The van der Waals surface area contributed by atoms with E-state index in [-0.39, 0.29) is 6.09 Å². The number of ether oxygens (including phenoxy) is 1. The van der Waals surface area contributed by atoms with Crippen molar-refractivity contribution in [2.75, 3.05) is 26.2 Å². The molecule has 1 atom stereocenters. The van der Waals surface area contributed by atoms with E-state index >= 15 is 0 Å². The van der Waals surface area contributed by atoms with Crippen molar-refractivity contribution in [2.45, 2.75) is 33.7 Å². The first kappa shape index (κ1) is 13.2. The number of carbonyl (C=O) groups is 1. The van der Waals surface area contributed by atoms with E-state index in [1.807, 2.05) is 0 Å². The van der Waals surface area contributed by atoms with Gasteiger partial charge < -0.3 is 10.1 Å². The summed E-state index contributed by atoms with van der Waals surface area (Å²) in [5, 5.41) is 2.73. The van der Waals surface area contributed by atoms with Crippen LogP contribution in [-0.4, -0.2) is 43.3 Å². The summed E-state index contributed by atoms with van der Waals surface area (Å²) in [5.74, 6) is 0. The van der Waals surface area contributed by atoms with Gasteiger partial charge in [0.1, 0.15) is 0 Å². The molecule has 1 amide bonds. The molecule has 0 heterocycles. The summed E-state index contributed by atoms with van der Waals surface area (Å²) in [6.45, 7) is 11.2. The van der Waals surface area contributed by atoms with Crippen LogP contribution >= 0.6 is 0 Å². The summed E-state index contributed by atoms with van der Waals surface area (Å²) < 4.78 is 4.77. The molecule has 0 bridgehead atoms. The van der Waals surface area contributed by atoms with E-state index in [1.165, 1.54) is 0 Å². The molecule has 14 heavy (non-hydrogen) atoms. The monoisotopic (exact) mass is 202 g/mol. The molecule has 4 heteroatoms. The molecule has 0 aliphatic rings. The van der Waals surface area contributed by atoms with Crippen LogP contribution in [0.1, 0.15) is 27.7 Å². The van der Waals surface area contributed by atoms with Gasteiger partial charge in [-0.05, 0) is 26.9 Å². The molecule has 0 aromatic heterocycles. The van der Waals surface area contributed by atoms with Crippen molar-refractivity contribution in [3.8, 4) is 0 Å². The van der Waals surface area contributed by atoms with Crippen LogP contribution < -0.4 is 5.32 Å². The Morgan fingerprint density at radius 2 is 1.93 bits per heavy atom. The number of alkyl carbamates (subject to hydrolysis) is 1. The predicted octanol–water partition coefficient (Wildman–Crippen LogP) is 1.46. The maximum atomic E-state index is 11.0. The van der Waals surface area contributed by atoms with Gasteiger partial charge in [0.05, 0.1) is 6.61 Å². The molecule has 0 radical (unpaired) electrons. The smallest absolute Gasteiger partial charge is 0.407 e. The highest BCUT2D eigenvalue weighted by Gasteiger charge is 2.10. The second-order valence-corrected chi connectivity index (χ2v) is 3.17. The summed E-state index contributed by atoms with van der Waals surface area (Å²) in [4.78, 5) is 13.3. The van der Waals surface area contributed by atoms with Crippen molar-refractivity contribution in [3.05, 3.63) is 0 Å². The fraction of sp³-hybridized carbons (Fsp3) is 0.900. The third-order valence-electron chi connectivity index (χ3n) is 2.25. The van der Waals surface area contributed by atoms with Crippen LogP contribution in [-0.2, 0) is 4.74 Å². The first-order valence-electron chi connectivity index (χ1n) is 5.30. The Bertz CT molecular complexity index is 158. The lowest BCUT2D eigenvalue weighted by molar-refractivity contribution is 0.146. The summed E-state index contributed by atoms with van der Waals surface area (Å²) in [6, 6.07) is 0.356. The maximum Gasteiger partial charge on any atom is 0.407 e. The Labute approximate surface area is 86.6 Å². The molecule has 0 aliphatic carbocycles. The Kier molecular flexibility index (Phi) is 7.20. The van der Waals surface area contributed by atoms with Crippen molar-refractivity contribution >= 4 is 6.09 Å². The van der Waals surface area contributed by atoms with Crippen LogP contribution in [0.3, 0.4) is 0 Å². The molecule has 0 aromatic carbocycles. The van der Waals surface area contributed by atoms with Crippen LogP contribution in [0.4, 0.5) is 4.79 Å². The maximum absolute atomic E-state index is 11.0. The molecule has 84 valence electrons. The molecule has 0 saturated heterocycles. The van der Waals surface area contributed by atoms with E-state index in [4.69, 9.17) is 4.74 Å². The second-order valence-electron chi connectivity index (χ2n) is 3.17. The summed E-state index contributed by atoms with van der Waals surface area (Å²) in [7, 11) is 0. The number of nitrogens with one attached hydrogen (secondary N) is 1. The van der Waals surface area contributed by atoms with Crippen molar-refractivity contribution in [1.82, 2.24) is 10.2 Å². The topological polar surface area (TPSA) is 41.6 Å². The lowest BCUT2D eigenvalue weighted by atomic mass is 10.3. The molecule has 1 unspecified atom stereocenters. The molecule has 0 aromatic rings. The zero-order chi connectivity index (χ0) is 11.0. The molecule has 0 spiro atoms. The minimum atomic E-state index is -0.327. The van der Waals surface area contributed by atoms with Crippen LogP contribution in [0.2, 0.25) is 0 Å². The van der Waals surface area contributed by atoms with E-state index in [2.05, 4.69) is 31.0 Å². The highest BCUT2D eigenvalue weighted by atomic mass is 16.5. The van der Waals surface area contributed by atoms with Gasteiger partial charge >= 0.3 is 6.09 Å². The van der Waals surface area contributed by atoms with Gasteiger partial charge in [-0.3, -0.25) is 4.90 Å². The van der Waals surface area contributed by atoms with E-state index < -0.39 is 0 Å². The van der Waals surface area contributed by atoms with Crippen LogP contribution in [0, 0.1) is 0 Å². The van der Waals surface area contributed by atoms with Crippen LogP contribution in [0.15, 0.2) is 0 Å². The number of amides is 1. The van der Waals surface area contributed by atoms with E-state index in [9.17, 15) is 4.79 Å². The Morgan fingerprint density at radius 1 is 1.36 bits per heavy atom. The van der Waals surface area contributed by atoms with E-state index in [1.54, 1.807) is 6.92 Å². The number of hydrogen-bond acceptors (Lipinski definition) is 3. The lowest BCUT2D eigenvalue weighted by Crippen LogP contribution is -2.42. The summed E-state index contributed by atoms with van der Waals surface area (Å²) in [6.07, 6.45) is -0.327. The number of carbonyl (C=O) groups excluding carboxylic acids is 1. The fourth-order valence-electron chi connectivity index (χ4n) is 1.39. The van der Waals surface area contributed by atoms with Crippen molar-refractivity contribution in [3.63, 3.8) is 0 Å². The van der Waals surface area contributed by atoms with Crippen molar-refractivity contribution < 1.29 is 9.53 Å². The quantitative estimate of drug-likeness (QED) is 0.709. The largest absolute Gasteiger partial charge is 0.450 e. The minimum absolute atomic E-state index is 0.327. The average Bonchev–Trinajstić information content (AvgIpc) is 2.17. The minimum Gasteiger partial charge on any atom is -0.450 e. The molecule has 1 N–H and O–H groups in total. The fourth-order valence-corrected chi connectivity index (χ4v) is 1.39. The third-order valence-corrected chi connectivity index (χ3v) is 2.25. The van der Waals surface area contributed by atoms with Crippen molar-refractivity contribution in [2.24, 2.45) is 0 Å². The molecule has 0 rings (SSSR count). The van der Waals surface area contributed by atoms with Crippen LogP contribution in [0.5, 0.6) is 0 Å². The second kappa shape index (κ2) is 7.62. The predicted molar refractivity (Wildman–Crippen MR) is 57.4 cm³/mol. The van der Waals surface area contributed by atoms with Gasteiger partial charge in [0.15, 0.2) is 0 Å². The standard InChI is InChI=1S/C10H22N2O2/c1-5-12(6-2)9(4)8-11-10(13)14-7-3/h9H,5-8H2,1-4H3,(H,11,13). The van der Waals surface area contributed by atoms with E-state index in [0.717, 1.165) is 13.1 Å². The third kappa shape index (κ3) is 5.07. The zero-order valence-electron chi connectivity index (χ0n) is 9.67. The van der Waals surface area contributed by atoms with Gasteiger partial charge in [0.2, 0.25) is 0 Å². The summed E-state index contributed by atoms with van der Waals surface area (Å²) in [5.41, 5.74) is 0. The number of nitrogens with zero attached hydrogens (tertiary/aromatic N) is 1. The first-order chi connectivity index (χ1) is 6.65. The van der Waals surface area contributed by atoms with Gasteiger partial charge in [-0.2, -0.15) is 0 Å². The number of likely N-dealkylation sites (N-methyl/N-ethyl adjacent to an activating group) is 1. The van der Waals surface area contributed by atoms with Gasteiger partial charge in [-0.25, -0.2) is 4.79 Å². The Balaban J connectivity index is 3.71. The SMILES string of the molecule is CCOC(=O)NCC(C)N(CC)CC. The normalized spacial score (nSPS) is 12.6. The van der Waals surface area contributed by atoms with Gasteiger partial charge in [0, 0.05) is 12.6 Å². The number of hydrogen-bond donors (Lipinski definition) is 1. The molecule has 0 aliphatic heterocycles. The average molecular weight is 202 g/mol. The molecular weight excluding hydrogens is 180 g/mol. The first-order valence-corrected chi connectivity index (χ1v) is 5.30. The van der Waals surface area contributed by atoms with Gasteiger partial charge in [-0.15, -0.1) is 0 Å². The molecule has 0 fully saturated rings. The lowest BCUT2D eigenvalue weighted by Gasteiger charge is -2.26. The van der Waals surface area contributed by atoms with Gasteiger partial charge in [0.25, 0.3) is 0 Å². The van der Waals surface area contributed by atoms with Gasteiger partial charge in [-0.1, -0.05) is 13.8 Å². The van der Waals surface area contributed by atoms with Crippen molar-refractivity contribution in [1.29, 1.82) is 0 Å². The Morgan fingerprint density at radius 3 is 2.36 bits per heavy atom.